The Labute approximate surface area is 99.3 Å². The molecule has 0 aromatic rings. The van der Waals surface area contributed by atoms with Crippen molar-refractivity contribution >= 4 is 0 Å². The van der Waals surface area contributed by atoms with E-state index in [4.69, 9.17) is 9.47 Å². The molecule has 98 valence electrons. The van der Waals surface area contributed by atoms with Crippen molar-refractivity contribution in [1.82, 2.24) is 5.32 Å². The molecule has 0 heterocycles. The molecule has 2 unspecified atom stereocenters. The molecule has 0 radical (unpaired) electrons. The standard InChI is InChI=1S/C12H27NO3/c1-6-10(7-2)11(14)8-13-9(3)12(15-4)16-5/h9-14H,6-8H2,1-5H3. The zero-order valence-electron chi connectivity index (χ0n) is 11.2. The van der Waals surface area contributed by atoms with Crippen LogP contribution >= 0.6 is 0 Å². The van der Waals surface area contributed by atoms with Gasteiger partial charge in [-0.05, 0) is 12.8 Å². The van der Waals surface area contributed by atoms with Crippen LogP contribution in [0.3, 0.4) is 0 Å². The number of aliphatic hydroxyl groups is 1. The van der Waals surface area contributed by atoms with Gasteiger partial charge in [0.2, 0.25) is 0 Å². The molecule has 16 heavy (non-hydrogen) atoms. The van der Waals surface area contributed by atoms with Gasteiger partial charge >= 0.3 is 0 Å². The summed E-state index contributed by atoms with van der Waals surface area (Å²) in [5.41, 5.74) is 0. The summed E-state index contributed by atoms with van der Waals surface area (Å²) in [4.78, 5) is 0. The highest BCUT2D eigenvalue weighted by Gasteiger charge is 2.19. The van der Waals surface area contributed by atoms with Crippen LogP contribution in [0.2, 0.25) is 0 Å². The van der Waals surface area contributed by atoms with Crippen LogP contribution in [-0.2, 0) is 9.47 Å². The molecule has 2 atom stereocenters. The lowest BCUT2D eigenvalue weighted by Crippen LogP contribution is -2.44. The Morgan fingerprint density at radius 3 is 2.00 bits per heavy atom. The monoisotopic (exact) mass is 233 g/mol. The summed E-state index contributed by atoms with van der Waals surface area (Å²) < 4.78 is 10.3. The van der Waals surface area contributed by atoms with E-state index in [0.717, 1.165) is 12.8 Å². The lowest BCUT2D eigenvalue weighted by atomic mass is 9.96. The van der Waals surface area contributed by atoms with E-state index in [-0.39, 0.29) is 18.4 Å². The van der Waals surface area contributed by atoms with Crippen LogP contribution in [0, 0.1) is 5.92 Å². The Kier molecular flexibility index (Phi) is 8.84. The van der Waals surface area contributed by atoms with Crippen LogP contribution in [0.15, 0.2) is 0 Å². The molecule has 4 nitrogen and oxygen atoms in total. The van der Waals surface area contributed by atoms with Gasteiger partial charge < -0.3 is 19.9 Å². The molecule has 0 bridgehead atoms. The van der Waals surface area contributed by atoms with Gasteiger partial charge in [-0.1, -0.05) is 26.7 Å². The van der Waals surface area contributed by atoms with Gasteiger partial charge in [0.15, 0.2) is 6.29 Å². The van der Waals surface area contributed by atoms with E-state index < -0.39 is 0 Å². The highest BCUT2D eigenvalue weighted by Crippen LogP contribution is 2.12. The van der Waals surface area contributed by atoms with Gasteiger partial charge in [0.05, 0.1) is 12.1 Å². The third-order valence-electron chi connectivity index (χ3n) is 3.11. The highest BCUT2D eigenvalue weighted by atomic mass is 16.7. The molecule has 0 saturated heterocycles. The fraction of sp³-hybridized carbons (Fsp3) is 1.00. The minimum Gasteiger partial charge on any atom is -0.392 e. The smallest absolute Gasteiger partial charge is 0.171 e. The fourth-order valence-electron chi connectivity index (χ4n) is 1.91. The second kappa shape index (κ2) is 8.93. The third kappa shape index (κ3) is 5.25. The van der Waals surface area contributed by atoms with Crippen LogP contribution in [-0.4, -0.2) is 44.3 Å². The summed E-state index contributed by atoms with van der Waals surface area (Å²) in [6.45, 7) is 6.77. The van der Waals surface area contributed by atoms with Crippen molar-refractivity contribution in [2.45, 2.75) is 52.0 Å². The average molecular weight is 233 g/mol. The van der Waals surface area contributed by atoms with Gasteiger partial charge in [-0.3, -0.25) is 0 Å². The predicted octanol–water partition coefficient (Wildman–Crippen LogP) is 1.38. The van der Waals surface area contributed by atoms with Gasteiger partial charge in [0.25, 0.3) is 0 Å². The first kappa shape index (κ1) is 15.8. The van der Waals surface area contributed by atoms with Gasteiger partial charge in [0.1, 0.15) is 0 Å². The van der Waals surface area contributed by atoms with E-state index in [1.807, 2.05) is 6.92 Å². The molecule has 0 aliphatic heterocycles. The van der Waals surface area contributed by atoms with Crippen LogP contribution in [0.25, 0.3) is 0 Å². The number of ether oxygens (including phenoxy) is 2. The Bertz CT molecular complexity index is 140. The quantitative estimate of drug-likeness (QED) is 0.591. The summed E-state index contributed by atoms with van der Waals surface area (Å²) in [6.07, 6.45) is 1.44. The topological polar surface area (TPSA) is 50.7 Å². The maximum Gasteiger partial charge on any atom is 0.171 e. The van der Waals surface area contributed by atoms with Crippen molar-refractivity contribution in [2.75, 3.05) is 20.8 Å². The molecule has 0 aromatic heterocycles. The average Bonchev–Trinajstić information content (AvgIpc) is 2.29. The first-order valence-corrected chi connectivity index (χ1v) is 6.07. The Morgan fingerprint density at radius 1 is 1.12 bits per heavy atom. The van der Waals surface area contributed by atoms with Crippen molar-refractivity contribution in [3.63, 3.8) is 0 Å². The van der Waals surface area contributed by atoms with Crippen molar-refractivity contribution in [1.29, 1.82) is 0 Å². The van der Waals surface area contributed by atoms with E-state index in [9.17, 15) is 5.11 Å². The summed E-state index contributed by atoms with van der Waals surface area (Å²) >= 11 is 0. The SMILES string of the molecule is CCC(CC)C(O)CNC(C)C(OC)OC. The maximum atomic E-state index is 9.94. The zero-order valence-corrected chi connectivity index (χ0v) is 11.2. The Hall–Kier alpha value is -0.160. The first-order valence-electron chi connectivity index (χ1n) is 6.07. The van der Waals surface area contributed by atoms with E-state index >= 15 is 0 Å². The normalized spacial score (nSPS) is 15.8. The molecule has 0 rings (SSSR count). The maximum absolute atomic E-state index is 9.94. The molecular weight excluding hydrogens is 206 g/mol. The Morgan fingerprint density at radius 2 is 1.62 bits per heavy atom. The molecular formula is C12H27NO3. The van der Waals surface area contributed by atoms with Crippen LogP contribution in [0.4, 0.5) is 0 Å². The highest BCUT2D eigenvalue weighted by molar-refractivity contribution is 4.72. The van der Waals surface area contributed by atoms with Gasteiger partial charge in [-0.15, -0.1) is 0 Å². The summed E-state index contributed by atoms with van der Waals surface area (Å²) in [7, 11) is 3.23. The summed E-state index contributed by atoms with van der Waals surface area (Å²) in [5.74, 6) is 0.364. The number of aliphatic hydroxyl groups excluding tert-OH is 1. The fourth-order valence-corrected chi connectivity index (χ4v) is 1.91. The molecule has 0 aliphatic rings. The van der Waals surface area contributed by atoms with Gasteiger partial charge in [0, 0.05) is 20.8 Å². The molecule has 0 aromatic carbocycles. The molecule has 0 amide bonds. The summed E-state index contributed by atoms with van der Waals surface area (Å²) in [6, 6.07) is 0.0685. The van der Waals surface area contributed by atoms with Crippen molar-refractivity contribution in [3.8, 4) is 0 Å². The number of nitrogens with one attached hydrogen (secondary N) is 1. The second-order valence-corrected chi connectivity index (χ2v) is 4.18. The van der Waals surface area contributed by atoms with Gasteiger partial charge in [-0.2, -0.15) is 0 Å². The third-order valence-corrected chi connectivity index (χ3v) is 3.11. The molecule has 2 N–H and O–H groups in total. The van der Waals surface area contributed by atoms with Gasteiger partial charge in [-0.25, -0.2) is 0 Å². The van der Waals surface area contributed by atoms with E-state index in [1.165, 1.54) is 0 Å². The lowest BCUT2D eigenvalue weighted by molar-refractivity contribution is -0.120. The van der Waals surface area contributed by atoms with Crippen LogP contribution in [0.1, 0.15) is 33.6 Å². The molecule has 0 spiro atoms. The lowest BCUT2D eigenvalue weighted by Gasteiger charge is -2.26. The zero-order chi connectivity index (χ0) is 12.6. The molecule has 4 heteroatoms. The largest absolute Gasteiger partial charge is 0.392 e. The molecule has 0 fully saturated rings. The second-order valence-electron chi connectivity index (χ2n) is 4.18. The summed E-state index contributed by atoms with van der Waals surface area (Å²) in [5, 5.41) is 13.2. The van der Waals surface area contributed by atoms with Crippen LogP contribution in [0.5, 0.6) is 0 Å². The van der Waals surface area contributed by atoms with Crippen LogP contribution < -0.4 is 5.32 Å². The first-order chi connectivity index (χ1) is 7.60. The van der Waals surface area contributed by atoms with Crippen molar-refractivity contribution in [3.05, 3.63) is 0 Å². The van der Waals surface area contributed by atoms with E-state index in [0.29, 0.717) is 12.5 Å². The molecule has 0 saturated carbocycles. The number of methoxy groups -OCH3 is 2. The minimum absolute atomic E-state index is 0.0685. The Balaban J connectivity index is 3.93. The number of hydrogen-bond donors (Lipinski definition) is 2. The van der Waals surface area contributed by atoms with Crippen molar-refractivity contribution in [2.24, 2.45) is 5.92 Å². The van der Waals surface area contributed by atoms with E-state index in [1.54, 1.807) is 14.2 Å². The number of hydrogen-bond acceptors (Lipinski definition) is 4. The van der Waals surface area contributed by atoms with Crippen molar-refractivity contribution < 1.29 is 14.6 Å². The minimum atomic E-state index is -0.299. The molecule has 0 aliphatic carbocycles. The van der Waals surface area contributed by atoms with E-state index in [2.05, 4.69) is 19.2 Å². The predicted molar refractivity (Wildman–Crippen MR) is 65.3 cm³/mol. The number of rotatable bonds is 9.